The molecule has 5 rings (SSSR count). The smallest absolute Gasteiger partial charge is 0.147 e. The standard InChI is InChI=1S/C24H22FNO/c1-14-13-24(2,3)26-19-10-9-17-18-12-16(25)8-11-20(18)27-23(22(17)21(14)19)15-6-4-5-7-15/h4-6,8-13,23,26H,7H2,1-3H3. The summed E-state index contributed by atoms with van der Waals surface area (Å²) in [5.41, 5.74) is 7.67. The van der Waals surface area contributed by atoms with Crippen LogP contribution in [-0.4, -0.2) is 5.54 Å². The molecule has 2 aromatic carbocycles. The topological polar surface area (TPSA) is 21.3 Å². The van der Waals surface area contributed by atoms with Crippen molar-refractivity contribution in [3.05, 3.63) is 77.2 Å². The van der Waals surface area contributed by atoms with Gasteiger partial charge < -0.3 is 10.1 Å². The van der Waals surface area contributed by atoms with Gasteiger partial charge in [0.15, 0.2) is 0 Å². The van der Waals surface area contributed by atoms with Crippen molar-refractivity contribution in [2.24, 2.45) is 0 Å². The number of allylic oxidation sites excluding steroid dienone is 4. The number of ether oxygens (including phenoxy) is 1. The summed E-state index contributed by atoms with van der Waals surface area (Å²) in [4.78, 5) is 0. The van der Waals surface area contributed by atoms with E-state index in [0.717, 1.165) is 34.5 Å². The van der Waals surface area contributed by atoms with Gasteiger partial charge >= 0.3 is 0 Å². The molecule has 27 heavy (non-hydrogen) atoms. The molecule has 1 aliphatic carbocycles. The second-order valence-corrected chi connectivity index (χ2v) is 8.14. The predicted molar refractivity (Wildman–Crippen MR) is 108 cm³/mol. The second-order valence-electron chi connectivity index (χ2n) is 8.14. The highest BCUT2D eigenvalue weighted by atomic mass is 19.1. The first-order valence-corrected chi connectivity index (χ1v) is 9.40. The van der Waals surface area contributed by atoms with Crippen LogP contribution in [0.5, 0.6) is 5.75 Å². The van der Waals surface area contributed by atoms with Crippen molar-refractivity contribution >= 4 is 11.3 Å². The zero-order valence-electron chi connectivity index (χ0n) is 15.8. The zero-order valence-corrected chi connectivity index (χ0v) is 15.8. The van der Waals surface area contributed by atoms with Crippen molar-refractivity contribution in [1.82, 2.24) is 0 Å². The fourth-order valence-electron chi connectivity index (χ4n) is 4.57. The first-order valence-electron chi connectivity index (χ1n) is 9.40. The number of hydrogen-bond donors (Lipinski definition) is 1. The second kappa shape index (κ2) is 5.59. The highest BCUT2D eigenvalue weighted by Crippen LogP contribution is 2.51. The molecule has 0 amide bonds. The third-order valence-electron chi connectivity index (χ3n) is 5.55. The molecule has 0 saturated heterocycles. The van der Waals surface area contributed by atoms with Gasteiger partial charge in [-0.3, -0.25) is 0 Å². The normalized spacial score (nSPS) is 21.3. The third-order valence-corrected chi connectivity index (χ3v) is 5.55. The molecule has 0 spiro atoms. The van der Waals surface area contributed by atoms with Crippen LogP contribution in [0, 0.1) is 5.82 Å². The molecule has 2 aliphatic heterocycles. The minimum absolute atomic E-state index is 0.103. The lowest BCUT2D eigenvalue weighted by Crippen LogP contribution is -2.32. The van der Waals surface area contributed by atoms with Gasteiger partial charge in [0.2, 0.25) is 0 Å². The van der Waals surface area contributed by atoms with E-state index in [1.54, 1.807) is 12.1 Å². The molecule has 2 nitrogen and oxygen atoms in total. The molecule has 3 aliphatic rings. The van der Waals surface area contributed by atoms with Crippen molar-refractivity contribution in [1.29, 1.82) is 0 Å². The molecule has 2 aromatic rings. The van der Waals surface area contributed by atoms with Crippen LogP contribution in [0.15, 0.2) is 60.2 Å². The third kappa shape index (κ3) is 2.53. The molecule has 2 heterocycles. The fraction of sp³-hybridized carbons (Fsp3) is 0.250. The number of rotatable bonds is 1. The van der Waals surface area contributed by atoms with Gasteiger partial charge in [0, 0.05) is 22.4 Å². The molecule has 0 fully saturated rings. The number of halogens is 1. The lowest BCUT2D eigenvalue weighted by atomic mass is 9.80. The van der Waals surface area contributed by atoms with Crippen molar-refractivity contribution in [3.63, 3.8) is 0 Å². The summed E-state index contributed by atoms with van der Waals surface area (Å²) in [5.74, 6) is 0.500. The van der Waals surface area contributed by atoms with Crippen molar-refractivity contribution in [2.45, 2.75) is 38.8 Å². The van der Waals surface area contributed by atoms with Crippen LogP contribution in [0.1, 0.15) is 44.4 Å². The van der Waals surface area contributed by atoms with Crippen molar-refractivity contribution in [2.75, 3.05) is 5.32 Å². The molecule has 0 saturated carbocycles. The first-order chi connectivity index (χ1) is 12.9. The average molecular weight is 359 g/mol. The van der Waals surface area contributed by atoms with Gasteiger partial charge in [0.25, 0.3) is 0 Å². The summed E-state index contributed by atoms with van der Waals surface area (Å²) < 4.78 is 20.4. The Balaban J connectivity index is 1.80. The minimum atomic E-state index is -0.243. The van der Waals surface area contributed by atoms with Gasteiger partial charge in [-0.25, -0.2) is 4.39 Å². The van der Waals surface area contributed by atoms with Gasteiger partial charge in [-0.05, 0) is 68.2 Å². The van der Waals surface area contributed by atoms with E-state index >= 15 is 0 Å². The summed E-state index contributed by atoms with van der Waals surface area (Å²) in [6.07, 6.45) is 9.35. The lowest BCUT2D eigenvalue weighted by molar-refractivity contribution is 0.236. The maximum absolute atomic E-state index is 14.0. The lowest BCUT2D eigenvalue weighted by Gasteiger charge is -2.37. The number of nitrogens with one attached hydrogen (secondary N) is 1. The number of fused-ring (bicyclic) bond motifs is 5. The fourth-order valence-corrected chi connectivity index (χ4v) is 4.57. The highest BCUT2D eigenvalue weighted by molar-refractivity contribution is 5.90. The van der Waals surface area contributed by atoms with E-state index in [1.165, 1.54) is 22.8 Å². The van der Waals surface area contributed by atoms with Gasteiger partial charge in [0.05, 0.1) is 5.54 Å². The Morgan fingerprint density at radius 3 is 2.78 bits per heavy atom. The summed E-state index contributed by atoms with van der Waals surface area (Å²) in [6.45, 7) is 6.49. The van der Waals surface area contributed by atoms with Crippen LogP contribution in [0.2, 0.25) is 0 Å². The Kier molecular flexibility index (Phi) is 3.39. The van der Waals surface area contributed by atoms with Crippen molar-refractivity contribution in [3.8, 4) is 16.9 Å². The molecule has 0 aromatic heterocycles. The van der Waals surface area contributed by atoms with E-state index in [9.17, 15) is 4.39 Å². The first kappa shape index (κ1) is 16.4. The number of hydrogen-bond acceptors (Lipinski definition) is 2. The van der Waals surface area contributed by atoms with Crippen LogP contribution in [0.4, 0.5) is 10.1 Å². The quantitative estimate of drug-likeness (QED) is 0.634. The van der Waals surface area contributed by atoms with Crippen LogP contribution in [-0.2, 0) is 0 Å². The van der Waals surface area contributed by atoms with Crippen LogP contribution in [0.3, 0.4) is 0 Å². The summed E-state index contributed by atoms with van der Waals surface area (Å²) in [6, 6.07) is 9.01. The maximum Gasteiger partial charge on any atom is 0.147 e. The van der Waals surface area contributed by atoms with E-state index in [0.29, 0.717) is 0 Å². The van der Waals surface area contributed by atoms with E-state index < -0.39 is 0 Å². The number of benzene rings is 2. The van der Waals surface area contributed by atoms with E-state index in [4.69, 9.17) is 4.74 Å². The minimum Gasteiger partial charge on any atom is -0.481 e. The van der Waals surface area contributed by atoms with E-state index in [1.807, 2.05) is 0 Å². The largest absolute Gasteiger partial charge is 0.481 e. The van der Waals surface area contributed by atoms with Gasteiger partial charge in [-0.2, -0.15) is 0 Å². The Bertz CT molecular complexity index is 1060. The highest BCUT2D eigenvalue weighted by Gasteiger charge is 2.35. The van der Waals surface area contributed by atoms with Crippen LogP contribution >= 0.6 is 0 Å². The van der Waals surface area contributed by atoms with Crippen LogP contribution < -0.4 is 10.1 Å². The molecule has 0 bridgehead atoms. The Morgan fingerprint density at radius 1 is 1.15 bits per heavy atom. The molecule has 1 atom stereocenters. The van der Waals surface area contributed by atoms with Gasteiger partial charge in [0.1, 0.15) is 17.7 Å². The predicted octanol–water partition coefficient (Wildman–Crippen LogP) is 6.42. The molecule has 1 unspecified atom stereocenters. The van der Waals surface area contributed by atoms with Gasteiger partial charge in [-0.15, -0.1) is 0 Å². The SMILES string of the molecule is CC1=CC(C)(C)Nc2ccc3c(c21)C(C1=CC=CC1)Oc1ccc(F)cc1-3. The maximum atomic E-state index is 14.0. The Morgan fingerprint density at radius 2 is 2.00 bits per heavy atom. The molecular formula is C24H22FNO. The Hall–Kier alpha value is -2.81. The molecular weight excluding hydrogens is 337 g/mol. The summed E-state index contributed by atoms with van der Waals surface area (Å²) in [7, 11) is 0. The average Bonchev–Trinajstić information content (AvgIpc) is 3.13. The summed E-state index contributed by atoms with van der Waals surface area (Å²) in [5, 5.41) is 3.62. The monoisotopic (exact) mass is 359 g/mol. The Labute approximate surface area is 159 Å². The van der Waals surface area contributed by atoms with Crippen molar-refractivity contribution < 1.29 is 9.13 Å². The number of anilines is 1. The van der Waals surface area contributed by atoms with Gasteiger partial charge in [-0.1, -0.05) is 30.4 Å². The molecule has 1 N–H and O–H groups in total. The van der Waals surface area contributed by atoms with E-state index in [2.05, 4.69) is 62.5 Å². The zero-order chi connectivity index (χ0) is 18.8. The summed E-state index contributed by atoms with van der Waals surface area (Å²) >= 11 is 0. The molecule has 3 heteroatoms. The molecule has 0 radical (unpaired) electrons. The van der Waals surface area contributed by atoms with E-state index in [-0.39, 0.29) is 17.5 Å². The van der Waals surface area contributed by atoms with Crippen LogP contribution in [0.25, 0.3) is 16.7 Å². The molecule has 136 valence electrons.